The Morgan fingerprint density at radius 3 is 2.27 bits per heavy atom. The van der Waals surface area contributed by atoms with Crippen LogP contribution in [0.15, 0.2) is 24.3 Å². The maximum Gasteiger partial charge on any atom is 0.241 e. The molecule has 1 aliphatic heterocycles. The summed E-state index contributed by atoms with van der Waals surface area (Å²) in [6.45, 7) is 6.76. The van der Waals surface area contributed by atoms with Crippen LogP contribution in [0.5, 0.6) is 0 Å². The zero-order chi connectivity index (χ0) is 16.1. The molecule has 5 heteroatoms. The summed E-state index contributed by atoms with van der Waals surface area (Å²) in [5.74, 6) is 0.507. The standard InChI is InChI=1S/C17H25N3O2/c1-11(2)16(21)19-13-4-6-14(7-5-13)20-17(22)15-10-12(3)8-9-18-15/h4-7,11-12,15,18H,8-10H2,1-3H3,(H,19,21)(H,20,22). The van der Waals surface area contributed by atoms with Crippen LogP contribution in [0.2, 0.25) is 0 Å². The smallest absolute Gasteiger partial charge is 0.241 e. The van der Waals surface area contributed by atoms with Crippen LogP contribution in [0.4, 0.5) is 11.4 Å². The molecule has 3 N–H and O–H groups in total. The van der Waals surface area contributed by atoms with E-state index < -0.39 is 0 Å². The van der Waals surface area contributed by atoms with Crippen LogP contribution in [0.25, 0.3) is 0 Å². The van der Waals surface area contributed by atoms with Crippen molar-refractivity contribution in [2.45, 2.75) is 39.7 Å². The maximum absolute atomic E-state index is 12.2. The molecule has 5 nitrogen and oxygen atoms in total. The highest BCUT2D eigenvalue weighted by Gasteiger charge is 2.24. The Morgan fingerprint density at radius 1 is 1.14 bits per heavy atom. The van der Waals surface area contributed by atoms with Crippen molar-refractivity contribution in [3.63, 3.8) is 0 Å². The molecule has 120 valence electrons. The Labute approximate surface area is 131 Å². The van der Waals surface area contributed by atoms with E-state index in [2.05, 4.69) is 22.9 Å². The fraction of sp³-hybridized carbons (Fsp3) is 0.529. The highest BCUT2D eigenvalue weighted by atomic mass is 16.2. The number of anilines is 2. The second-order valence-corrected chi connectivity index (χ2v) is 6.35. The van der Waals surface area contributed by atoms with E-state index in [0.29, 0.717) is 5.92 Å². The van der Waals surface area contributed by atoms with E-state index in [1.165, 1.54) is 0 Å². The quantitative estimate of drug-likeness (QED) is 0.801. The number of rotatable bonds is 4. The van der Waals surface area contributed by atoms with Gasteiger partial charge in [0.05, 0.1) is 6.04 Å². The molecule has 0 aromatic heterocycles. The van der Waals surface area contributed by atoms with Gasteiger partial charge in [0.25, 0.3) is 0 Å². The Balaban J connectivity index is 1.90. The lowest BCUT2D eigenvalue weighted by molar-refractivity contribution is -0.119. The lowest BCUT2D eigenvalue weighted by atomic mass is 9.94. The van der Waals surface area contributed by atoms with Gasteiger partial charge in [-0.25, -0.2) is 0 Å². The number of amides is 2. The molecule has 1 aromatic rings. The van der Waals surface area contributed by atoms with Gasteiger partial charge < -0.3 is 16.0 Å². The Bertz CT molecular complexity index is 525. The second kappa shape index (κ2) is 7.40. The van der Waals surface area contributed by atoms with Crippen molar-refractivity contribution in [1.29, 1.82) is 0 Å². The average molecular weight is 303 g/mol. The third-order valence-electron chi connectivity index (χ3n) is 3.93. The third-order valence-corrected chi connectivity index (χ3v) is 3.93. The molecule has 1 aromatic carbocycles. The summed E-state index contributed by atoms with van der Waals surface area (Å²) < 4.78 is 0. The second-order valence-electron chi connectivity index (χ2n) is 6.35. The summed E-state index contributed by atoms with van der Waals surface area (Å²) in [6.07, 6.45) is 1.99. The Hall–Kier alpha value is -1.88. The van der Waals surface area contributed by atoms with Gasteiger partial charge in [-0.3, -0.25) is 9.59 Å². The minimum absolute atomic E-state index is 0.00511. The number of carbonyl (C=O) groups excluding carboxylic acids is 2. The van der Waals surface area contributed by atoms with Gasteiger partial charge in [0.15, 0.2) is 0 Å². The van der Waals surface area contributed by atoms with E-state index in [0.717, 1.165) is 30.8 Å². The minimum atomic E-state index is -0.121. The molecule has 0 radical (unpaired) electrons. The molecule has 1 fully saturated rings. The Morgan fingerprint density at radius 2 is 1.73 bits per heavy atom. The fourth-order valence-electron chi connectivity index (χ4n) is 2.46. The van der Waals surface area contributed by atoms with Gasteiger partial charge in [0.2, 0.25) is 11.8 Å². The number of piperidine rings is 1. The van der Waals surface area contributed by atoms with Crippen LogP contribution < -0.4 is 16.0 Å². The lowest BCUT2D eigenvalue weighted by Crippen LogP contribution is -2.45. The molecular formula is C17H25N3O2. The highest BCUT2D eigenvalue weighted by molar-refractivity contribution is 5.96. The molecule has 1 aliphatic rings. The molecule has 2 amide bonds. The van der Waals surface area contributed by atoms with E-state index in [4.69, 9.17) is 0 Å². The van der Waals surface area contributed by atoms with E-state index in [9.17, 15) is 9.59 Å². The molecular weight excluding hydrogens is 278 g/mol. The number of carbonyl (C=O) groups is 2. The Kier molecular flexibility index (Phi) is 5.55. The van der Waals surface area contributed by atoms with Crippen molar-refractivity contribution in [2.24, 2.45) is 11.8 Å². The first-order valence-corrected chi connectivity index (χ1v) is 7.91. The first-order chi connectivity index (χ1) is 10.5. The summed E-state index contributed by atoms with van der Waals surface area (Å²) in [6, 6.07) is 7.09. The van der Waals surface area contributed by atoms with Gasteiger partial charge in [0.1, 0.15) is 0 Å². The van der Waals surface area contributed by atoms with E-state index in [1.807, 2.05) is 13.8 Å². The van der Waals surface area contributed by atoms with Crippen LogP contribution in [0.1, 0.15) is 33.6 Å². The zero-order valence-corrected chi connectivity index (χ0v) is 13.5. The third kappa shape index (κ3) is 4.56. The normalized spacial score (nSPS) is 21.5. The molecule has 2 rings (SSSR count). The molecule has 22 heavy (non-hydrogen) atoms. The fourth-order valence-corrected chi connectivity index (χ4v) is 2.46. The summed E-state index contributed by atoms with van der Waals surface area (Å²) in [5, 5.41) is 9.00. The predicted octanol–water partition coefficient (Wildman–Crippen LogP) is 2.61. The lowest BCUT2D eigenvalue weighted by Gasteiger charge is -2.27. The van der Waals surface area contributed by atoms with Crippen molar-refractivity contribution in [2.75, 3.05) is 17.2 Å². The molecule has 1 heterocycles. The average Bonchev–Trinajstić information content (AvgIpc) is 2.49. The van der Waals surface area contributed by atoms with Gasteiger partial charge in [-0.15, -0.1) is 0 Å². The number of hydrogen-bond acceptors (Lipinski definition) is 3. The van der Waals surface area contributed by atoms with Gasteiger partial charge in [0, 0.05) is 17.3 Å². The van der Waals surface area contributed by atoms with E-state index in [1.54, 1.807) is 24.3 Å². The number of nitrogens with one attached hydrogen (secondary N) is 3. The minimum Gasteiger partial charge on any atom is -0.326 e. The summed E-state index contributed by atoms with van der Waals surface area (Å²) in [7, 11) is 0. The molecule has 1 saturated heterocycles. The van der Waals surface area contributed by atoms with Gasteiger partial charge in [-0.1, -0.05) is 20.8 Å². The molecule has 0 saturated carbocycles. The molecule has 0 bridgehead atoms. The molecule has 0 aliphatic carbocycles. The van der Waals surface area contributed by atoms with Gasteiger partial charge in [-0.05, 0) is 49.6 Å². The summed E-state index contributed by atoms with van der Waals surface area (Å²) in [4.78, 5) is 23.8. The first-order valence-electron chi connectivity index (χ1n) is 7.91. The predicted molar refractivity (Wildman–Crippen MR) is 88.7 cm³/mol. The monoisotopic (exact) mass is 303 g/mol. The highest BCUT2D eigenvalue weighted by Crippen LogP contribution is 2.18. The number of benzene rings is 1. The largest absolute Gasteiger partial charge is 0.326 e. The summed E-state index contributed by atoms with van der Waals surface area (Å²) in [5.41, 5.74) is 1.48. The maximum atomic E-state index is 12.2. The van der Waals surface area contributed by atoms with Crippen LogP contribution in [-0.4, -0.2) is 24.4 Å². The zero-order valence-electron chi connectivity index (χ0n) is 13.5. The summed E-state index contributed by atoms with van der Waals surface area (Å²) >= 11 is 0. The van der Waals surface area contributed by atoms with E-state index >= 15 is 0 Å². The van der Waals surface area contributed by atoms with Crippen molar-refractivity contribution in [1.82, 2.24) is 5.32 Å². The topological polar surface area (TPSA) is 70.2 Å². The number of hydrogen-bond donors (Lipinski definition) is 3. The van der Waals surface area contributed by atoms with Gasteiger partial charge >= 0.3 is 0 Å². The van der Waals surface area contributed by atoms with Crippen molar-refractivity contribution in [3.8, 4) is 0 Å². The SMILES string of the molecule is CC1CCNC(C(=O)Nc2ccc(NC(=O)C(C)C)cc2)C1. The van der Waals surface area contributed by atoms with Crippen molar-refractivity contribution in [3.05, 3.63) is 24.3 Å². The van der Waals surface area contributed by atoms with Crippen LogP contribution in [0, 0.1) is 11.8 Å². The van der Waals surface area contributed by atoms with Crippen LogP contribution in [0.3, 0.4) is 0 Å². The van der Waals surface area contributed by atoms with Crippen molar-refractivity contribution >= 4 is 23.2 Å². The van der Waals surface area contributed by atoms with Crippen LogP contribution in [-0.2, 0) is 9.59 Å². The van der Waals surface area contributed by atoms with Crippen molar-refractivity contribution < 1.29 is 9.59 Å². The van der Waals surface area contributed by atoms with E-state index in [-0.39, 0.29) is 23.8 Å². The molecule has 0 spiro atoms. The molecule has 2 unspecified atom stereocenters. The first kappa shape index (κ1) is 16.5. The van der Waals surface area contributed by atoms with Gasteiger partial charge in [-0.2, -0.15) is 0 Å². The van der Waals surface area contributed by atoms with Crippen LogP contribution >= 0.6 is 0 Å². The molecule has 2 atom stereocenters.